The van der Waals surface area contributed by atoms with Crippen molar-refractivity contribution in [2.45, 2.75) is 45.3 Å². The van der Waals surface area contributed by atoms with Gasteiger partial charge in [0.15, 0.2) is 25.3 Å². The molecule has 8 nitrogen and oxygen atoms in total. The van der Waals surface area contributed by atoms with Gasteiger partial charge in [-0.3, -0.25) is 14.6 Å². The molecule has 2 rings (SSSR count). The number of carbonyl (C=O) groups excluding carboxylic acids is 1. The Kier molecular flexibility index (Phi) is 4.86. The van der Waals surface area contributed by atoms with Crippen molar-refractivity contribution in [2.75, 3.05) is 12.3 Å². The third-order valence-electron chi connectivity index (χ3n) is 4.32. The molecule has 0 bridgehead atoms. The van der Waals surface area contributed by atoms with Crippen LogP contribution < -0.4 is 11.3 Å². The molecule has 0 aliphatic heterocycles. The normalized spacial score (nSPS) is 12.5. The number of aromatic nitrogens is 4. The summed E-state index contributed by atoms with van der Waals surface area (Å²) in [5.41, 5.74) is 5.17. The number of nitrogens with two attached hydrogens (primary N) is 1. The second kappa shape index (κ2) is 6.40. The van der Waals surface area contributed by atoms with Gasteiger partial charge in [0, 0.05) is 13.0 Å². The monoisotopic (exact) mass is 349 g/mol. The molecule has 0 aliphatic rings. The van der Waals surface area contributed by atoms with E-state index in [0.29, 0.717) is 6.61 Å². The zero-order valence-corrected chi connectivity index (χ0v) is 15.6. The van der Waals surface area contributed by atoms with Gasteiger partial charge in [0.1, 0.15) is 5.69 Å². The van der Waals surface area contributed by atoms with E-state index in [-0.39, 0.29) is 40.0 Å². The van der Waals surface area contributed by atoms with Crippen LogP contribution in [0.5, 0.6) is 0 Å². The molecule has 0 aliphatic carbocycles. The number of nitrogens with zero attached hydrogens (tertiary/aromatic N) is 3. The van der Waals surface area contributed by atoms with Crippen LogP contribution in [-0.4, -0.2) is 40.6 Å². The maximum Gasteiger partial charge on any atom is 0.280 e. The summed E-state index contributed by atoms with van der Waals surface area (Å²) in [6.07, 6.45) is 1.50. The Labute approximate surface area is 141 Å². The highest BCUT2D eigenvalue weighted by molar-refractivity contribution is 6.74. The lowest BCUT2D eigenvalue weighted by Crippen LogP contribution is -2.41. The summed E-state index contributed by atoms with van der Waals surface area (Å²) >= 11 is 0. The van der Waals surface area contributed by atoms with Gasteiger partial charge in [0.05, 0.1) is 6.20 Å². The third-order valence-corrected chi connectivity index (χ3v) is 8.86. The minimum Gasteiger partial charge on any atom is -0.416 e. The smallest absolute Gasteiger partial charge is 0.280 e. The van der Waals surface area contributed by atoms with E-state index in [9.17, 15) is 9.59 Å². The molecule has 0 fully saturated rings. The molecule has 0 aromatic carbocycles. The zero-order chi connectivity index (χ0) is 18.1. The van der Waals surface area contributed by atoms with E-state index in [1.165, 1.54) is 6.20 Å². The van der Waals surface area contributed by atoms with Gasteiger partial charge in [0.2, 0.25) is 5.95 Å². The Morgan fingerprint density at radius 3 is 2.62 bits per heavy atom. The molecule has 0 amide bonds. The van der Waals surface area contributed by atoms with E-state index in [1.54, 1.807) is 0 Å². The van der Waals surface area contributed by atoms with Crippen molar-refractivity contribution in [3.63, 3.8) is 0 Å². The van der Waals surface area contributed by atoms with E-state index in [2.05, 4.69) is 53.8 Å². The molecule has 0 saturated carbocycles. The van der Waals surface area contributed by atoms with Gasteiger partial charge in [0.25, 0.3) is 5.56 Å². The number of anilines is 1. The number of carbonyl (C=O) groups is 1. The number of nitrogen functional groups attached to an aromatic ring is 1. The molecule has 0 atom stereocenters. The van der Waals surface area contributed by atoms with Crippen LogP contribution in [0.4, 0.5) is 5.95 Å². The van der Waals surface area contributed by atoms with E-state index in [1.807, 2.05) is 0 Å². The molecule has 2 aromatic rings. The fourth-order valence-electron chi connectivity index (χ4n) is 1.81. The second-order valence-electron chi connectivity index (χ2n) is 7.16. The van der Waals surface area contributed by atoms with E-state index in [0.717, 1.165) is 0 Å². The van der Waals surface area contributed by atoms with Crippen LogP contribution in [0.15, 0.2) is 11.0 Å². The van der Waals surface area contributed by atoms with Crippen LogP contribution >= 0.6 is 0 Å². The van der Waals surface area contributed by atoms with Crippen LogP contribution in [0.1, 0.15) is 37.7 Å². The Morgan fingerprint density at radius 1 is 1.33 bits per heavy atom. The van der Waals surface area contributed by atoms with Crippen LogP contribution in [0.3, 0.4) is 0 Å². The van der Waals surface area contributed by atoms with Crippen molar-refractivity contribution in [3.8, 4) is 0 Å². The number of nitrogens with one attached hydrogen (secondary N) is 1. The van der Waals surface area contributed by atoms with Crippen LogP contribution in [0.2, 0.25) is 18.1 Å². The molecule has 0 unspecified atom stereocenters. The van der Waals surface area contributed by atoms with Gasteiger partial charge >= 0.3 is 0 Å². The Hall–Kier alpha value is -2.13. The largest absolute Gasteiger partial charge is 0.416 e. The van der Waals surface area contributed by atoms with Crippen molar-refractivity contribution in [1.29, 1.82) is 0 Å². The standard InChI is InChI=1S/C15H23N5O3Si/c1-15(2,3)24(4,5)23-7-6-10(21)9-8-17-12-11(18-9)13(22)20-14(16)19-12/h8H,6-7H2,1-5H3,(H3,16,17,19,20,22). The van der Waals surface area contributed by atoms with E-state index in [4.69, 9.17) is 10.2 Å². The average molecular weight is 349 g/mol. The molecular formula is C15H23N5O3Si. The highest BCUT2D eigenvalue weighted by atomic mass is 28.4. The number of Topliss-reactive ketones (excluding diaryl/α,β-unsaturated/α-hetero) is 1. The number of H-pyrrole nitrogens is 1. The zero-order valence-electron chi connectivity index (χ0n) is 14.6. The third kappa shape index (κ3) is 3.85. The molecule has 2 heterocycles. The van der Waals surface area contributed by atoms with E-state index < -0.39 is 13.9 Å². The predicted molar refractivity (Wildman–Crippen MR) is 94.5 cm³/mol. The quantitative estimate of drug-likeness (QED) is 0.624. The van der Waals surface area contributed by atoms with Crippen molar-refractivity contribution >= 4 is 31.2 Å². The number of fused-ring (bicyclic) bond motifs is 1. The number of rotatable bonds is 5. The number of hydrogen-bond acceptors (Lipinski definition) is 7. The van der Waals surface area contributed by atoms with Crippen molar-refractivity contribution in [1.82, 2.24) is 19.9 Å². The van der Waals surface area contributed by atoms with Gasteiger partial charge in [-0.25, -0.2) is 9.97 Å². The molecule has 0 radical (unpaired) electrons. The highest BCUT2D eigenvalue weighted by Gasteiger charge is 2.37. The first kappa shape index (κ1) is 18.2. The van der Waals surface area contributed by atoms with Crippen LogP contribution in [-0.2, 0) is 4.43 Å². The van der Waals surface area contributed by atoms with Crippen LogP contribution in [0.25, 0.3) is 11.2 Å². The molecule has 9 heteroatoms. The molecular weight excluding hydrogens is 326 g/mol. The van der Waals surface area contributed by atoms with Crippen molar-refractivity contribution in [3.05, 3.63) is 22.2 Å². The van der Waals surface area contributed by atoms with Gasteiger partial charge in [-0.2, -0.15) is 4.98 Å². The predicted octanol–water partition coefficient (Wildman–Crippen LogP) is 1.89. The second-order valence-corrected chi connectivity index (χ2v) is 12.0. The lowest BCUT2D eigenvalue weighted by molar-refractivity contribution is 0.0954. The fraction of sp³-hybridized carbons (Fsp3) is 0.533. The number of aromatic amines is 1. The number of ketones is 1. The van der Waals surface area contributed by atoms with E-state index >= 15 is 0 Å². The van der Waals surface area contributed by atoms with Crippen molar-refractivity contribution < 1.29 is 9.22 Å². The van der Waals surface area contributed by atoms with Gasteiger partial charge in [-0.15, -0.1) is 0 Å². The summed E-state index contributed by atoms with van der Waals surface area (Å²) in [5.74, 6) is -0.261. The lowest BCUT2D eigenvalue weighted by atomic mass is 10.2. The SMILES string of the molecule is CC(C)(C)[Si](C)(C)OCCC(=O)c1cnc2nc(N)[nH]c(=O)c2n1. The Morgan fingerprint density at radius 2 is 2.00 bits per heavy atom. The summed E-state index contributed by atoms with van der Waals surface area (Å²) in [7, 11) is -1.90. The Bertz CT molecular complexity index is 826. The lowest BCUT2D eigenvalue weighted by Gasteiger charge is -2.36. The number of hydrogen-bond donors (Lipinski definition) is 2. The first-order valence-corrected chi connectivity index (χ1v) is 10.6. The summed E-state index contributed by atoms with van der Waals surface area (Å²) in [5, 5.41) is 0.0810. The summed E-state index contributed by atoms with van der Waals surface area (Å²) in [4.78, 5) is 38.4. The van der Waals surface area contributed by atoms with Gasteiger partial charge in [-0.05, 0) is 18.1 Å². The summed E-state index contributed by atoms with van der Waals surface area (Å²) < 4.78 is 5.99. The van der Waals surface area contributed by atoms with Crippen molar-refractivity contribution in [2.24, 2.45) is 0 Å². The van der Waals surface area contributed by atoms with Gasteiger partial charge in [-0.1, -0.05) is 20.8 Å². The molecule has 0 saturated heterocycles. The molecule has 3 N–H and O–H groups in total. The topological polar surface area (TPSA) is 124 Å². The Balaban J connectivity index is 2.11. The van der Waals surface area contributed by atoms with Crippen LogP contribution in [0, 0.1) is 0 Å². The first-order chi connectivity index (χ1) is 11.0. The first-order valence-electron chi connectivity index (χ1n) is 7.71. The molecule has 0 spiro atoms. The fourth-order valence-corrected chi connectivity index (χ4v) is 2.86. The summed E-state index contributed by atoms with van der Waals surface area (Å²) in [6, 6.07) is 0. The molecule has 130 valence electrons. The minimum atomic E-state index is -1.90. The molecule has 24 heavy (non-hydrogen) atoms. The minimum absolute atomic E-state index is 0.000338. The maximum atomic E-state index is 12.3. The molecule has 2 aromatic heterocycles. The highest BCUT2D eigenvalue weighted by Crippen LogP contribution is 2.36. The maximum absolute atomic E-state index is 12.3. The van der Waals surface area contributed by atoms with Gasteiger partial charge < -0.3 is 10.2 Å². The average Bonchev–Trinajstić information content (AvgIpc) is 2.45. The summed E-state index contributed by atoms with van der Waals surface area (Å²) in [6.45, 7) is 11.0.